The molecule has 4 heteroatoms. The van der Waals surface area contributed by atoms with Crippen molar-refractivity contribution in [3.05, 3.63) is 0 Å². The second-order valence-electron chi connectivity index (χ2n) is 2.72. The number of rotatable bonds is 2. The molecule has 1 aliphatic carbocycles. The van der Waals surface area contributed by atoms with Crippen molar-refractivity contribution in [3.63, 3.8) is 0 Å². The van der Waals surface area contributed by atoms with E-state index in [1.807, 2.05) is 0 Å². The fourth-order valence-electron chi connectivity index (χ4n) is 1.28. The number of hydrogen-bond donors (Lipinski definition) is 2. The monoisotopic (exact) mass is 156 g/mol. The summed E-state index contributed by atoms with van der Waals surface area (Å²) in [7, 11) is 0. The number of nitrogens with one attached hydrogen (secondary N) is 1. The maximum absolute atomic E-state index is 11.0. The van der Waals surface area contributed by atoms with E-state index in [1.165, 1.54) is 0 Å². The maximum Gasteiger partial charge on any atom is 0.224 e. The summed E-state index contributed by atoms with van der Waals surface area (Å²) >= 11 is 0. The van der Waals surface area contributed by atoms with E-state index in [1.54, 1.807) is 0 Å². The molecule has 4 nitrogen and oxygen atoms in total. The molecule has 11 heavy (non-hydrogen) atoms. The standard InChI is InChI=1S/C7H12N2O2/c8-4-9-7(11)5-1-2-6(10)3-5/h5H,1-4,8H2,(H,9,11). The van der Waals surface area contributed by atoms with Crippen LogP contribution in [0.4, 0.5) is 0 Å². The summed E-state index contributed by atoms with van der Waals surface area (Å²) in [6.07, 6.45) is 1.62. The Balaban J connectivity index is 2.37. The Morgan fingerprint density at radius 1 is 1.73 bits per heavy atom. The van der Waals surface area contributed by atoms with Crippen molar-refractivity contribution in [2.75, 3.05) is 6.67 Å². The van der Waals surface area contributed by atoms with Crippen LogP contribution in [-0.4, -0.2) is 18.4 Å². The van der Waals surface area contributed by atoms with Gasteiger partial charge in [0.25, 0.3) is 0 Å². The third-order valence-electron chi connectivity index (χ3n) is 1.89. The van der Waals surface area contributed by atoms with Gasteiger partial charge in [-0.1, -0.05) is 0 Å². The van der Waals surface area contributed by atoms with Crippen LogP contribution in [0.2, 0.25) is 0 Å². The minimum Gasteiger partial charge on any atom is -0.344 e. The van der Waals surface area contributed by atoms with E-state index < -0.39 is 0 Å². The van der Waals surface area contributed by atoms with Crippen LogP contribution in [0.5, 0.6) is 0 Å². The van der Waals surface area contributed by atoms with Gasteiger partial charge in [0.2, 0.25) is 5.91 Å². The van der Waals surface area contributed by atoms with Crippen LogP contribution in [0.1, 0.15) is 19.3 Å². The Labute approximate surface area is 65.1 Å². The van der Waals surface area contributed by atoms with Crippen LogP contribution in [0.3, 0.4) is 0 Å². The molecule has 1 unspecified atom stereocenters. The largest absolute Gasteiger partial charge is 0.344 e. The summed E-state index contributed by atoms with van der Waals surface area (Å²) in [6.45, 7) is 0.156. The molecule has 0 heterocycles. The van der Waals surface area contributed by atoms with Crippen molar-refractivity contribution >= 4 is 11.7 Å². The average molecular weight is 156 g/mol. The summed E-state index contributed by atoms with van der Waals surface area (Å²) < 4.78 is 0. The first-order valence-electron chi connectivity index (χ1n) is 3.73. The van der Waals surface area contributed by atoms with Gasteiger partial charge < -0.3 is 11.1 Å². The molecule has 0 aromatic carbocycles. The second kappa shape index (κ2) is 3.48. The van der Waals surface area contributed by atoms with Crippen molar-refractivity contribution in [1.82, 2.24) is 5.32 Å². The topological polar surface area (TPSA) is 72.2 Å². The molecule has 0 aromatic rings. The van der Waals surface area contributed by atoms with Crippen molar-refractivity contribution < 1.29 is 9.59 Å². The fourth-order valence-corrected chi connectivity index (χ4v) is 1.28. The van der Waals surface area contributed by atoms with E-state index in [-0.39, 0.29) is 24.3 Å². The van der Waals surface area contributed by atoms with E-state index in [4.69, 9.17) is 5.73 Å². The number of carbonyl (C=O) groups is 2. The number of nitrogens with two attached hydrogens (primary N) is 1. The Kier molecular flexibility index (Phi) is 2.59. The molecule has 1 amide bonds. The first kappa shape index (κ1) is 8.20. The highest BCUT2D eigenvalue weighted by Crippen LogP contribution is 2.21. The lowest BCUT2D eigenvalue weighted by molar-refractivity contribution is -0.126. The van der Waals surface area contributed by atoms with Crippen LogP contribution in [0, 0.1) is 5.92 Å². The lowest BCUT2D eigenvalue weighted by Crippen LogP contribution is -2.33. The molecule has 3 N–H and O–H groups in total. The number of ketones is 1. The summed E-state index contributed by atoms with van der Waals surface area (Å²) in [5.74, 6) is -0.0217. The van der Waals surface area contributed by atoms with Crippen LogP contribution in [0.15, 0.2) is 0 Å². The zero-order valence-electron chi connectivity index (χ0n) is 6.30. The smallest absolute Gasteiger partial charge is 0.224 e. The van der Waals surface area contributed by atoms with Gasteiger partial charge in [0.15, 0.2) is 0 Å². The molecular formula is C7H12N2O2. The Bertz CT molecular complexity index is 179. The number of amides is 1. The molecule has 62 valence electrons. The summed E-state index contributed by atoms with van der Waals surface area (Å²) in [5.41, 5.74) is 5.11. The van der Waals surface area contributed by atoms with Gasteiger partial charge in [-0.15, -0.1) is 0 Å². The summed E-state index contributed by atoms with van der Waals surface area (Å²) in [5, 5.41) is 2.49. The first-order chi connectivity index (χ1) is 5.24. The van der Waals surface area contributed by atoms with Crippen LogP contribution >= 0.6 is 0 Å². The second-order valence-corrected chi connectivity index (χ2v) is 2.72. The highest BCUT2D eigenvalue weighted by atomic mass is 16.2. The zero-order valence-corrected chi connectivity index (χ0v) is 6.30. The lowest BCUT2D eigenvalue weighted by Gasteiger charge is -2.06. The van der Waals surface area contributed by atoms with Crippen LogP contribution < -0.4 is 11.1 Å². The molecular weight excluding hydrogens is 144 g/mol. The summed E-state index contributed by atoms with van der Waals surface area (Å²) in [4.78, 5) is 21.8. The fraction of sp³-hybridized carbons (Fsp3) is 0.714. The van der Waals surface area contributed by atoms with E-state index in [0.717, 1.165) is 0 Å². The number of hydrogen-bond acceptors (Lipinski definition) is 3. The van der Waals surface area contributed by atoms with Crippen LogP contribution in [0.25, 0.3) is 0 Å². The van der Waals surface area contributed by atoms with E-state index in [9.17, 15) is 9.59 Å². The molecule has 1 rings (SSSR count). The molecule has 1 saturated carbocycles. The molecule has 0 saturated heterocycles. The minimum atomic E-state index is -0.119. The van der Waals surface area contributed by atoms with Gasteiger partial charge in [0, 0.05) is 18.8 Å². The SMILES string of the molecule is NCNC(=O)C1CCC(=O)C1. The third kappa shape index (κ3) is 2.01. The van der Waals surface area contributed by atoms with E-state index in [2.05, 4.69) is 5.32 Å². The Hall–Kier alpha value is -0.900. The number of carbonyl (C=O) groups excluding carboxylic acids is 2. The molecule has 1 fully saturated rings. The summed E-state index contributed by atoms with van der Waals surface area (Å²) in [6, 6.07) is 0. The van der Waals surface area contributed by atoms with Gasteiger partial charge in [-0.05, 0) is 6.42 Å². The van der Waals surface area contributed by atoms with Crippen molar-refractivity contribution in [2.45, 2.75) is 19.3 Å². The maximum atomic E-state index is 11.0. The molecule has 0 aromatic heterocycles. The molecule has 1 atom stereocenters. The van der Waals surface area contributed by atoms with E-state index >= 15 is 0 Å². The zero-order chi connectivity index (χ0) is 8.27. The molecule has 1 aliphatic rings. The molecule has 0 radical (unpaired) electrons. The quantitative estimate of drug-likeness (QED) is 0.524. The number of Topliss-reactive ketones (excluding diaryl/α,β-unsaturated/α-hetero) is 1. The highest BCUT2D eigenvalue weighted by Gasteiger charge is 2.27. The first-order valence-corrected chi connectivity index (χ1v) is 3.73. The third-order valence-corrected chi connectivity index (χ3v) is 1.89. The van der Waals surface area contributed by atoms with Gasteiger partial charge in [0.05, 0.1) is 6.67 Å². The molecule has 0 bridgehead atoms. The van der Waals surface area contributed by atoms with Gasteiger partial charge >= 0.3 is 0 Å². The highest BCUT2D eigenvalue weighted by molar-refractivity contribution is 5.89. The van der Waals surface area contributed by atoms with Crippen molar-refractivity contribution in [2.24, 2.45) is 11.7 Å². The van der Waals surface area contributed by atoms with Gasteiger partial charge in [-0.25, -0.2) is 0 Å². The molecule has 0 spiro atoms. The van der Waals surface area contributed by atoms with Gasteiger partial charge in [0.1, 0.15) is 5.78 Å². The predicted octanol–water partition coefficient (Wildman–Crippen LogP) is -0.612. The average Bonchev–Trinajstić information content (AvgIpc) is 2.36. The predicted molar refractivity (Wildman–Crippen MR) is 39.5 cm³/mol. The Morgan fingerprint density at radius 2 is 2.45 bits per heavy atom. The minimum absolute atomic E-state index is 0.0849. The van der Waals surface area contributed by atoms with Crippen molar-refractivity contribution in [1.29, 1.82) is 0 Å². The van der Waals surface area contributed by atoms with Crippen LogP contribution in [-0.2, 0) is 9.59 Å². The van der Waals surface area contributed by atoms with Gasteiger partial charge in [-0.2, -0.15) is 0 Å². The van der Waals surface area contributed by atoms with Gasteiger partial charge in [-0.3, -0.25) is 9.59 Å². The molecule has 0 aliphatic heterocycles. The van der Waals surface area contributed by atoms with Crippen molar-refractivity contribution in [3.8, 4) is 0 Å². The normalized spacial score (nSPS) is 23.7. The lowest BCUT2D eigenvalue weighted by atomic mass is 10.1. The van der Waals surface area contributed by atoms with E-state index in [0.29, 0.717) is 19.3 Å². The Morgan fingerprint density at radius 3 is 2.91 bits per heavy atom.